The molecule has 1 aliphatic carbocycles. The van der Waals surface area contributed by atoms with Crippen molar-refractivity contribution in [2.24, 2.45) is 0 Å². The summed E-state index contributed by atoms with van der Waals surface area (Å²) < 4.78 is 16.2. The van der Waals surface area contributed by atoms with Crippen molar-refractivity contribution in [3.63, 3.8) is 0 Å². The van der Waals surface area contributed by atoms with Gasteiger partial charge in [0.25, 0.3) is 0 Å². The summed E-state index contributed by atoms with van der Waals surface area (Å²) in [6, 6.07) is 4.96. The second-order valence-electron chi connectivity index (χ2n) is 5.47. The number of halogens is 1. The van der Waals surface area contributed by atoms with E-state index in [4.69, 9.17) is 5.73 Å². The van der Waals surface area contributed by atoms with Gasteiger partial charge in [0, 0.05) is 11.7 Å². The third-order valence-electron chi connectivity index (χ3n) is 4.04. The average molecular weight is 274 g/mol. The molecule has 5 heteroatoms. The molecule has 0 saturated heterocycles. The second-order valence-corrected chi connectivity index (χ2v) is 5.47. The molecule has 0 bridgehead atoms. The van der Waals surface area contributed by atoms with Crippen molar-refractivity contribution in [1.29, 1.82) is 0 Å². The zero-order valence-electron chi connectivity index (χ0n) is 11.6. The van der Waals surface area contributed by atoms with Gasteiger partial charge in [-0.1, -0.05) is 19.3 Å². The maximum absolute atomic E-state index is 14.1. The van der Waals surface area contributed by atoms with E-state index in [9.17, 15) is 4.39 Å². The average Bonchev–Trinajstić information content (AvgIpc) is 2.84. The van der Waals surface area contributed by atoms with Crippen molar-refractivity contribution in [3.8, 4) is 11.4 Å². The summed E-state index contributed by atoms with van der Waals surface area (Å²) in [5.41, 5.74) is 6.76. The number of nitrogens with zero attached hydrogens (tertiary/aromatic N) is 3. The van der Waals surface area contributed by atoms with Crippen molar-refractivity contribution < 1.29 is 4.39 Å². The summed E-state index contributed by atoms with van der Waals surface area (Å²) in [6.45, 7) is 1.93. The first-order chi connectivity index (χ1) is 9.66. The van der Waals surface area contributed by atoms with Crippen LogP contribution in [0, 0.1) is 12.7 Å². The van der Waals surface area contributed by atoms with Gasteiger partial charge in [0.05, 0.1) is 5.56 Å². The summed E-state index contributed by atoms with van der Waals surface area (Å²) in [5, 5.41) is 8.32. The van der Waals surface area contributed by atoms with Gasteiger partial charge in [-0.15, -0.1) is 10.2 Å². The predicted octanol–water partition coefficient (Wildman–Crippen LogP) is 3.48. The van der Waals surface area contributed by atoms with Crippen molar-refractivity contribution in [2.45, 2.75) is 45.1 Å². The van der Waals surface area contributed by atoms with Crippen molar-refractivity contribution in [3.05, 3.63) is 29.8 Å². The number of benzene rings is 1. The monoisotopic (exact) mass is 274 g/mol. The Morgan fingerprint density at radius 3 is 2.70 bits per heavy atom. The minimum Gasteiger partial charge on any atom is -0.399 e. The molecule has 1 aromatic carbocycles. The fourth-order valence-electron chi connectivity index (χ4n) is 3.04. The van der Waals surface area contributed by atoms with E-state index in [1.807, 2.05) is 6.92 Å². The molecule has 3 rings (SSSR count). The summed E-state index contributed by atoms with van der Waals surface area (Å²) in [4.78, 5) is 0. The largest absolute Gasteiger partial charge is 0.399 e. The van der Waals surface area contributed by atoms with E-state index < -0.39 is 0 Å². The van der Waals surface area contributed by atoms with Crippen molar-refractivity contribution in [2.75, 3.05) is 5.73 Å². The third-order valence-corrected chi connectivity index (χ3v) is 4.04. The van der Waals surface area contributed by atoms with Crippen LogP contribution in [0.5, 0.6) is 0 Å². The molecule has 0 aliphatic heterocycles. The Morgan fingerprint density at radius 2 is 1.95 bits per heavy atom. The molecule has 2 N–H and O–H groups in total. The Kier molecular flexibility index (Phi) is 3.42. The topological polar surface area (TPSA) is 56.7 Å². The van der Waals surface area contributed by atoms with E-state index in [0.29, 0.717) is 23.1 Å². The first-order valence-corrected chi connectivity index (χ1v) is 7.13. The lowest BCUT2D eigenvalue weighted by molar-refractivity contribution is 0.350. The summed E-state index contributed by atoms with van der Waals surface area (Å²) in [5.74, 6) is 1.14. The molecule has 2 aromatic rings. The normalized spacial score (nSPS) is 16.5. The van der Waals surface area contributed by atoms with E-state index in [2.05, 4.69) is 14.8 Å². The van der Waals surface area contributed by atoms with Gasteiger partial charge in [0.1, 0.15) is 11.6 Å². The summed E-state index contributed by atoms with van der Waals surface area (Å²) in [7, 11) is 0. The minimum atomic E-state index is -0.302. The van der Waals surface area contributed by atoms with E-state index in [1.165, 1.54) is 25.3 Å². The van der Waals surface area contributed by atoms with Gasteiger partial charge in [-0.3, -0.25) is 0 Å². The molecule has 106 valence electrons. The standard InChI is InChI=1S/C15H19FN4/c1-10-18-19-15(13-9-11(17)7-8-14(13)16)20(10)12-5-3-2-4-6-12/h7-9,12H,2-6,17H2,1H3. The number of rotatable bonds is 2. The molecule has 1 saturated carbocycles. The van der Waals surface area contributed by atoms with Gasteiger partial charge in [0.15, 0.2) is 5.82 Å². The van der Waals surface area contributed by atoms with Crippen LogP contribution >= 0.6 is 0 Å². The predicted molar refractivity (Wildman–Crippen MR) is 76.7 cm³/mol. The lowest BCUT2D eigenvalue weighted by Crippen LogP contribution is -2.15. The van der Waals surface area contributed by atoms with Gasteiger partial charge in [-0.05, 0) is 38.0 Å². The van der Waals surface area contributed by atoms with Crippen molar-refractivity contribution in [1.82, 2.24) is 14.8 Å². The fraction of sp³-hybridized carbons (Fsp3) is 0.467. The van der Waals surface area contributed by atoms with E-state index >= 15 is 0 Å². The highest BCUT2D eigenvalue weighted by Gasteiger charge is 2.23. The van der Waals surface area contributed by atoms with E-state index in [0.717, 1.165) is 18.7 Å². The third kappa shape index (κ3) is 2.28. The Morgan fingerprint density at radius 1 is 1.20 bits per heavy atom. The molecular formula is C15H19FN4. The van der Waals surface area contributed by atoms with Crippen LogP contribution in [0.25, 0.3) is 11.4 Å². The number of hydrogen-bond donors (Lipinski definition) is 1. The number of hydrogen-bond acceptors (Lipinski definition) is 3. The zero-order valence-corrected chi connectivity index (χ0v) is 11.6. The second kappa shape index (κ2) is 5.23. The van der Waals surface area contributed by atoms with E-state index in [-0.39, 0.29) is 5.82 Å². The lowest BCUT2D eigenvalue weighted by atomic mass is 9.95. The maximum atomic E-state index is 14.1. The van der Waals surface area contributed by atoms with Gasteiger partial charge in [0.2, 0.25) is 0 Å². The highest BCUT2D eigenvalue weighted by molar-refractivity contribution is 5.62. The molecule has 0 radical (unpaired) electrons. The van der Waals surface area contributed by atoms with Crippen LogP contribution in [0.2, 0.25) is 0 Å². The van der Waals surface area contributed by atoms with Crippen LogP contribution in [0.1, 0.15) is 44.0 Å². The summed E-state index contributed by atoms with van der Waals surface area (Å²) >= 11 is 0. The zero-order chi connectivity index (χ0) is 14.1. The highest BCUT2D eigenvalue weighted by Crippen LogP contribution is 2.33. The Bertz CT molecular complexity index is 614. The van der Waals surface area contributed by atoms with E-state index in [1.54, 1.807) is 12.1 Å². The highest BCUT2D eigenvalue weighted by atomic mass is 19.1. The van der Waals surface area contributed by atoms with Crippen LogP contribution in [-0.2, 0) is 0 Å². The first kappa shape index (κ1) is 13.1. The van der Waals surface area contributed by atoms with Crippen molar-refractivity contribution >= 4 is 5.69 Å². The van der Waals surface area contributed by atoms with Crippen LogP contribution < -0.4 is 5.73 Å². The first-order valence-electron chi connectivity index (χ1n) is 7.13. The molecule has 0 unspecified atom stereocenters. The molecule has 0 amide bonds. The molecule has 1 heterocycles. The Hall–Kier alpha value is -1.91. The smallest absolute Gasteiger partial charge is 0.167 e. The van der Waals surface area contributed by atoms with Gasteiger partial charge >= 0.3 is 0 Å². The molecular weight excluding hydrogens is 255 g/mol. The molecule has 20 heavy (non-hydrogen) atoms. The van der Waals surface area contributed by atoms with Crippen LogP contribution in [0.3, 0.4) is 0 Å². The maximum Gasteiger partial charge on any atom is 0.167 e. The van der Waals surface area contributed by atoms with Crippen LogP contribution in [0.15, 0.2) is 18.2 Å². The Balaban J connectivity index is 2.08. The minimum absolute atomic E-state index is 0.302. The van der Waals surface area contributed by atoms with Crippen LogP contribution in [0.4, 0.5) is 10.1 Å². The number of aryl methyl sites for hydroxylation is 1. The molecule has 0 atom stereocenters. The van der Waals surface area contributed by atoms with Gasteiger partial charge in [-0.2, -0.15) is 0 Å². The number of anilines is 1. The molecule has 1 aliphatic rings. The molecule has 1 aromatic heterocycles. The van der Waals surface area contributed by atoms with Gasteiger partial charge in [-0.25, -0.2) is 4.39 Å². The SMILES string of the molecule is Cc1nnc(-c2cc(N)ccc2F)n1C1CCCCC1. The number of nitrogen functional groups attached to an aromatic ring is 1. The summed E-state index contributed by atoms with van der Waals surface area (Å²) in [6.07, 6.45) is 5.91. The number of nitrogens with two attached hydrogens (primary N) is 1. The molecule has 4 nitrogen and oxygen atoms in total. The van der Waals surface area contributed by atoms with Crippen LogP contribution in [-0.4, -0.2) is 14.8 Å². The quantitative estimate of drug-likeness (QED) is 0.853. The van der Waals surface area contributed by atoms with Gasteiger partial charge < -0.3 is 10.3 Å². The lowest BCUT2D eigenvalue weighted by Gasteiger charge is -2.25. The fourth-order valence-corrected chi connectivity index (χ4v) is 3.04. The number of aromatic nitrogens is 3. The molecule has 0 spiro atoms. The Labute approximate surface area is 117 Å². The molecule has 1 fully saturated rings.